The van der Waals surface area contributed by atoms with E-state index in [0.717, 1.165) is 11.4 Å². The first kappa shape index (κ1) is 16.5. The fraction of sp³-hybridized carbons (Fsp3) is 0.0526. The molecule has 0 radical (unpaired) electrons. The summed E-state index contributed by atoms with van der Waals surface area (Å²) in [6.07, 6.45) is 1.63. The monoisotopic (exact) mass is 357 g/mol. The Bertz CT molecular complexity index is 1120. The molecule has 2 aromatic carbocycles. The molecular weight excluding hydrogens is 342 g/mol. The zero-order valence-electron chi connectivity index (χ0n) is 14.4. The van der Waals surface area contributed by atoms with Gasteiger partial charge >= 0.3 is 0 Å². The van der Waals surface area contributed by atoms with Gasteiger partial charge in [0.05, 0.1) is 11.4 Å². The molecule has 0 saturated heterocycles. The van der Waals surface area contributed by atoms with Crippen LogP contribution >= 0.6 is 0 Å². The van der Waals surface area contributed by atoms with Gasteiger partial charge in [-0.05, 0) is 49.4 Å². The lowest BCUT2D eigenvalue weighted by molar-refractivity contribution is 0.101. The van der Waals surface area contributed by atoms with Crippen molar-refractivity contribution in [2.24, 2.45) is 10.2 Å². The molecule has 0 aliphatic carbocycles. The Balaban J connectivity index is 1.46. The number of nitrogens with one attached hydrogen (secondary N) is 1. The number of amides is 1. The van der Waals surface area contributed by atoms with E-state index in [2.05, 4.69) is 30.6 Å². The molecule has 0 saturated carbocycles. The number of azo groups is 1. The molecule has 0 bridgehead atoms. The predicted octanol–water partition coefficient (Wildman–Crippen LogP) is 4.10. The van der Waals surface area contributed by atoms with Gasteiger partial charge in [-0.15, -0.1) is 5.10 Å². The number of fused-ring (bicyclic) bond motifs is 1. The minimum Gasteiger partial charge on any atom is -0.319 e. The van der Waals surface area contributed by atoms with Crippen molar-refractivity contribution < 1.29 is 4.79 Å². The third-order valence-electron chi connectivity index (χ3n) is 3.80. The summed E-state index contributed by atoms with van der Waals surface area (Å²) >= 11 is 0. The molecule has 2 heterocycles. The Morgan fingerprint density at radius 1 is 0.963 bits per heavy atom. The highest BCUT2D eigenvalue weighted by atomic mass is 16.2. The number of aromatic nitrogens is 4. The van der Waals surface area contributed by atoms with Crippen LogP contribution in [0.2, 0.25) is 0 Å². The van der Waals surface area contributed by atoms with E-state index in [0.29, 0.717) is 17.2 Å². The molecule has 0 aliphatic rings. The average Bonchev–Trinajstić information content (AvgIpc) is 3.14. The fourth-order valence-electron chi connectivity index (χ4n) is 2.41. The van der Waals surface area contributed by atoms with Crippen LogP contribution in [0.25, 0.3) is 5.78 Å². The van der Waals surface area contributed by atoms with Crippen LogP contribution in [0.15, 0.2) is 77.1 Å². The molecule has 1 N–H and O–H groups in total. The van der Waals surface area contributed by atoms with E-state index in [9.17, 15) is 4.79 Å². The third-order valence-corrected chi connectivity index (χ3v) is 3.80. The zero-order chi connectivity index (χ0) is 18.6. The highest BCUT2D eigenvalue weighted by Gasteiger charge is 2.14. The van der Waals surface area contributed by atoms with Crippen molar-refractivity contribution in [3.63, 3.8) is 0 Å². The van der Waals surface area contributed by atoms with Crippen molar-refractivity contribution in [3.05, 3.63) is 78.4 Å². The van der Waals surface area contributed by atoms with Crippen LogP contribution < -0.4 is 5.32 Å². The van der Waals surface area contributed by atoms with Gasteiger partial charge in [0, 0.05) is 17.6 Å². The summed E-state index contributed by atoms with van der Waals surface area (Å²) in [6.45, 7) is 1.87. The maximum atomic E-state index is 12.4. The predicted molar refractivity (Wildman–Crippen MR) is 101 cm³/mol. The quantitative estimate of drug-likeness (QED) is 0.556. The van der Waals surface area contributed by atoms with Crippen LogP contribution in [0.3, 0.4) is 0 Å². The lowest BCUT2D eigenvalue weighted by atomic mass is 10.3. The van der Waals surface area contributed by atoms with Crippen molar-refractivity contribution in [1.82, 2.24) is 19.6 Å². The van der Waals surface area contributed by atoms with E-state index in [1.54, 1.807) is 36.5 Å². The number of aryl methyl sites for hydroxylation is 1. The summed E-state index contributed by atoms with van der Waals surface area (Å²) in [6, 6.07) is 18.3. The number of anilines is 1. The minimum atomic E-state index is -0.404. The number of hydrogen-bond acceptors (Lipinski definition) is 6. The number of hydrogen-bond donors (Lipinski definition) is 1. The Kier molecular flexibility index (Phi) is 4.36. The molecule has 0 aliphatic heterocycles. The molecule has 8 heteroatoms. The van der Waals surface area contributed by atoms with Gasteiger partial charge in [-0.25, -0.2) is 9.50 Å². The van der Waals surface area contributed by atoms with Crippen molar-refractivity contribution in [1.29, 1.82) is 0 Å². The number of carbonyl (C=O) groups excluding carboxylic acids is 1. The topological polar surface area (TPSA) is 96.9 Å². The lowest BCUT2D eigenvalue weighted by Crippen LogP contribution is -2.13. The first-order valence-corrected chi connectivity index (χ1v) is 8.26. The van der Waals surface area contributed by atoms with Crippen molar-refractivity contribution >= 4 is 28.7 Å². The van der Waals surface area contributed by atoms with E-state index in [-0.39, 0.29) is 5.82 Å². The molecule has 1 amide bonds. The SMILES string of the molecule is Cc1ccnc2nc(C(=O)Nc3ccc(N=Nc4ccccc4)cc3)nn12. The number of nitrogens with zero attached hydrogens (tertiary/aromatic N) is 6. The largest absolute Gasteiger partial charge is 0.319 e. The summed E-state index contributed by atoms with van der Waals surface area (Å²) < 4.78 is 1.53. The van der Waals surface area contributed by atoms with E-state index in [4.69, 9.17) is 0 Å². The summed E-state index contributed by atoms with van der Waals surface area (Å²) in [7, 11) is 0. The summed E-state index contributed by atoms with van der Waals surface area (Å²) in [5.74, 6) is 0.0417. The Hall–Kier alpha value is -3.94. The number of rotatable bonds is 4. The molecule has 132 valence electrons. The van der Waals surface area contributed by atoms with Gasteiger partial charge in [0.15, 0.2) is 0 Å². The lowest BCUT2D eigenvalue weighted by Gasteiger charge is -2.02. The first-order valence-electron chi connectivity index (χ1n) is 8.26. The molecule has 27 heavy (non-hydrogen) atoms. The first-order chi connectivity index (χ1) is 13.2. The van der Waals surface area contributed by atoms with Crippen molar-refractivity contribution in [3.8, 4) is 0 Å². The summed E-state index contributed by atoms with van der Waals surface area (Å²) in [5, 5.41) is 15.3. The van der Waals surface area contributed by atoms with E-state index in [1.807, 2.05) is 37.3 Å². The van der Waals surface area contributed by atoms with E-state index < -0.39 is 5.91 Å². The number of benzene rings is 2. The van der Waals surface area contributed by atoms with Crippen LogP contribution in [0, 0.1) is 6.92 Å². The van der Waals surface area contributed by atoms with Gasteiger partial charge in [-0.3, -0.25) is 4.79 Å². The second-order valence-electron chi connectivity index (χ2n) is 5.77. The van der Waals surface area contributed by atoms with Crippen LogP contribution in [0.4, 0.5) is 17.1 Å². The van der Waals surface area contributed by atoms with Gasteiger partial charge in [-0.1, -0.05) is 18.2 Å². The molecule has 0 spiro atoms. The summed E-state index contributed by atoms with van der Waals surface area (Å²) in [4.78, 5) is 20.6. The van der Waals surface area contributed by atoms with Crippen LogP contribution in [-0.2, 0) is 0 Å². The Labute approximate surface area is 154 Å². The normalized spacial score (nSPS) is 11.1. The van der Waals surface area contributed by atoms with Gasteiger partial charge in [-0.2, -0.15) is 15.2 Å². The van der Waals surface area contributed by atoms with E-state index in [1.165, 1.54) is 4.52 Å². The molecule has 4 aromatic rings. The van der Waals surface area contributed by atoms with Gasteiger partial charge in [0.25, 0.3) is 11.7 Å². The summed E-state index contributed by atoms with van der Waals surface area (Å²) in [5.41, 5.74) is 2.92. The third kappa shape index (κ3) is 3.69. The molecule has 0 atom stereocenters. The standard InChI is InChI=1S/C19H15N7O/c1-13-11-12-20-19-22-17(25-26(13)19)18(27)21-14-7-9-16(10-8-14)24-23-15-5-3-2-4-6-15/h2-12H,1H3,(H,21,27). The molecular formula is C19H15N7O. The highest BCUT2D eigenvalue weighted by molar-refractivity contribution is 6.01. The van der Waals surface area contributed by atoms with Crippen molar-refractivity contribution in [2.75, 3.05) is 5.32 Å². The molecule has 8 nitrogen and oxygen atoms in total. The van der Waals surface area contributed by atoms with Gasteiger partial charge in [0.2, 0.25) is 5.82 Å². The van der Waals surface area contributed by atoms with Gasteiger partial charge in [0.1, 0.15) is 0 Å². The zero-order valence-corrected chi connectivity index (χ0v) is 14.4. The second kappa shape index (κ2) is 7.12. The maximum absolute atomic E-state index is 12.4. The van der Waals surface area contributed by atoms with Crippen molar-refractivity contribution in [2.45, 2.75) is 6.92 Å². The minimum absolute atomic E-state index is 0.0599. The molecule has 2 aromatic heterocycles. The molecule has 0 fully saturated rings. The Morgan fingerprint density at radius 2 is 1.67 bits per heavy atom. The maximum Gasteiger partial charge on any atom is 0.295 e. The molecule has 0 unspecified atom stereocenters. The average molecular weight is 357 g/mol. The fourth-order valence-corrected chi connectivity index (χ4v) is 2.41. The second-order valence-corrected chi connectivity index (χ2v) is 5.77. The van der Waals surface area contributed by atoms with E-state index >= 15 is 0 Å². The van der Waals surface area contributed by atoms with Crippen LogP contribution in [0.5, 0.6) is 0 Å². The Morgan fingerprint density at radius 3 is 2.37 bits per heavy atom. The number of carbonyl (C=O) groups is 1. The van der Waals surface area contributed by atoms with Crippen LogP contribution in [-0.4, -0.2) is 25.5 Å². The highest BCUT2D eigenvalue weighted by Crippen LogP contribution is 2.20. The van der Waals surface area contributed by atoms with Crippen LogP contribution in [0.1, 0.15) is 16.3 Å². The van der Waals surface area contributed by atoms with Gasteiger partial charge < -0.3 is 5.32 Å². The smallest absolute Gasteiger partial charge is 0.295 e. The molecule has 4 rings (SSSR count).